The van der Waals surface area contributed by atoms with Gasteiger partial charge in [0, 0.05) is 36.4 Å². The van der Waals surface area contributed by atoms with Crippen molar-refractivity contribution in [2.45, 2.75) is 64.2 Å². The Kier molecular flexibility index (Phi) is 7.54. The van der Waals surface area contributed by atoms with E-state index in [1.54, 1.807) is 39.3 Å². The first-order chi connectivity index (χ1) is 16.9. The molecule has 0 saturated carbocycles. The summed E-state index contributed by atoms with van der Waals surface area (Å²) in [5.41, 5.74) is 2.53. The van der Waals surface area contributed by atoms with Gasteiger partial charge in [-0.15, -0.1) is 0 Å². The molecule has 4 rings (SSSR count). The number of pyridine rings is 1. The Hall–Kier alpha value is -3.20. The van der Waals surface area contributed by atoms with Crippen LogP contribution in [0.5, 0.6) is 0 Å². The van der Waals surface area contributed by atoms with Crippen LogP contribution in [0.4, 0.5) is 19.0 Å². The number of allylic oxidation sites excluding steroid dienone is 5. The molecular formula is C26H31F3N4O2. The first kappa shape index (κ1) is 24.9. The number of nitrogens with zero attached hydrogens (tertiary/aromatic N) is 1. The third-order valence-electron chi connectivity index (χ3n) is 6.18. The van der Waals surface area contributed by atoms with Gasteiger partial charge in [0.25, 0.3) is 0 Å². The van der Waals surface area contributed by atoms with Gasteiger partial charge in [-0.1, -0.05) is 25.2 Å². The summed E-state index contributed by atoms with van der Waals surface area (Å²) in [6.07, 6.45) is 8.62. The molecule has 2 aliphatic heterocycles. The summed E-state index contributed by atoms with van der Waals surface area (Å²) >= 11 is 0. The van der Waals surface area contributed by atoms with Gasteiger partial charge >= 0.3 is 6.18 Å². The van der Waals surface area contributed by atoms with Gasteiger partial charge in [-0.2, -0.15) is 13.2 Å². The molecule has 1 aliphatic carbocycles. The number of ether oxygens (including phenoxy) is 2. The second-order valence-electron chi connectivity index (χ2n) is 8.56. The highest BCUT2D eigenvalue weighted by atomic mass is 19.4. The van der Waals surface area contributed by atoms with Crippen LogP contribution < -0.4 is 16.0 Å². The van der Waals surface area contributed by atoms with Gasteiger partial charge in [0.2, 0.25) is 0 Å². The maximum absolute atomic E-state index is 13.5. The summed E-state index contributed by atoms with van der Waals surface area (Å²) in [7, 11) is 1.64. The van der Waals surface area contributed by atoms with E-state index in [0.29, 0.717) is 5.57 Å². The van der Waals surface area contributed by atoms with Crippen molar-refractivity contribution in [1.29, 1.82) is 0 Å². The van der Waals surface area contributed by atoms with Crippen molar-refractivity contribution in [2.75, 3.05) is 12.4 Å². The summed E-state index contributed by atoms with van der Waals surface area (Å²) < 4.78 is 52.3. The Labute approximate surface area is 203 Å². The number of anilines is 1. The third-order valence-corrected chi connectivity index (χ3v) is 6.18. The van der Waals surface area contributed by atoms with Gasteiger partial charge in [0.05, 0.1) is 17.3 Å². The standard InChI is InChI=1S/C26H31F3N4O2/c1-4-7-16(15-17(8-5-2)26(27,28)29)24-33-22-20(9-6-10-21(22)35-24)32-23-18-11-14-31-25(34-3)19(18)12-13-30-23/h4,7-8,11-15,20,24-25,31,33H,5-6,9-10H2,1-3H3,(H,30,32)/b7-4-,16-15+,17-8-. The van der Waals surface area contributed by atoms with E-state index in [2.05, 4.69) is 20.9 Å². The van der Waals surface area contributed by atoms with Crippen LogP contribution in [0.2, 0.25) is 0 Å². The molecule has 1 aromatic heterocycles. The zero-order valence-corrected chi connectivity index (χ0v) is 20.1. The number of halogens is 3. The quantitative estimate of drug-likeness (QED) is 0.420. The van der Waals surface area contributed by atoms with E-state index in [1.807, 2.05) is 18.3 Å². The van der Waals surface area contributed by atoms with Crippen LogP contribution in [-0.4, -0.2) is 30.5 Å². The van der Waals surface area contributed by atoms with E-state index >= 15 is 0 Å². The fraction of sp³-hybridized carbons (Fsp3) is 0.423. The summed E-state index contributed by atoms with van der Waals surface area (Å²) in [5.74, 6) is 1.50. The Bertz CT molecular complexity index is 1090. The lowest BCUT2D eigenvalue weighted by atomic mass is 9.97. The van der Waals surface area contributed by atoms with Gasteiger partial charge in [0.1, 0.15) is 11.6 Å². The number of methoxy groups -OCH3 is 1. The molecule has 3 unspecified atom stereocenters. The molecule has 0 fully saturated rings. The van der Waals surface area contributed by atoms with Crippen molar-refractivity contribution in [3.05, 3.63) is 76.5 Å². The van der Waals surface area contributed by atoms with E-state index in [-0.39, 0.29) is 18.7 Å². The average Bonchev–Trinajstić information content (AvgIpc) is 3.28. The second kappa shape index (κ2) is 10.6. The normalized spacial score (nSPS) is 24.6. The fourth-order valence-electron chi connectivity index (χ4n) is 4.59. The predicted molar refractivity (Wildman–Crippen MR) is 130 cm³/mol. The van der Waals surface area contributed by atoms with Gasteiger partial charge in [-0.3, -0.25) is 0 Å². The molecule has 6 nitrogen and oxygen atoms in total. The molecule has 188 valence electrons. The van der Waals surface area contributed by atoms with E-state index < -0.39 is 18.0 Å². The topological polar surface area (TPSA) is 67.4 Å². The first-order valence-corrected chi connectivity index (χ1v) is 11.8. The third kappa shape index (κ3) is 5.40. The van der Waals surface area contributed by atoms with Crippen molar-refractivity contribution in [1.82, 2.24) is 15.6 Å². The summed E-state index contributed by atoms with van der Waals surface area (Å²) in [5, 5.41) is 10.0. The molecule has 0 bridgehead atoms. The van der Waals surface area contributed by atoms with Gasteiger partial charge in [-0.25, -0.2) is 4.98 Å². The summed E-state index contributed by atoms with van der Waals surface area (Å²) in [6, 6.07) is 1.81. The van der Waals surface area contributed by atoms with Crippen LogP contribution in [0.15, 0.2) is 65.4 Å². The summed E-state index contributed by atoms with van der Waals surface area (Å²) in [4.78, 5) is 4.55. The lowest BCUT2D eigenvalue weighted by Crippen LogP contribution is -2.35. The highest BCUT2D eigenvalue weighted by Crippen LogP contribution is 2.36. The molecule has 0 radical (unpaired) electrons. The minimum atomic E-state index is -4.43. The van der Waals surface area contributed by atoms with Crippen LogP contribution in [0.3, 0.4) is 0 Å². The Morgan fingerprint density at radius 2 is 2.20 bits per heavy atom. The van der Waals surface area contributed by atoms with Crippen molar-refractivity contribution < 1.29 is 22.6 Å². The first-order valence-electron chi connectivity index (χ1n) is 11.8. The number of hydrogen-bond donors (Lipinski definition) is 3. The van der Waals surface area contributed by atoms with Crippen LogP contribution in [-0.2, 0) is 9.47 Å². The van der Waals surface area contributed by atoms with Crippen molar-refractivity contribution in [3.63, 3.8) is 0 Å². The largest absolute Gasteiger partial charge is 0.469 e. The lowest BCUT2D eigenvalue weighted by molar-refractivity contribution is -0.0885. The molecule has 35 heavy (non-hydrogen) atoms. The van der Waals surface area contributed by atoms with Gasteiger partial charge in [-0.05, 0) is 50.6 Å². The van der Waals surface area contributed by atoms with Crippen LogP contribution in [0, 0.1) is 0 Å². The number of alkyl halides is 3. The van der Waals surface area contributed by atoms with Crippen LogP contribution in [0.25, 0.3) is 6.08 Å². The van der Waals surface area contributed by atoms with E-state index in [9.17, 15) is 13.2 Å². The van der Waals surface area contributed by atoms with Crippen molar-refractivity contribution in [3.8, 4) is 0 Å². The van der Waals surface area contributed by atoms with Crippen LogP contribution >= 0.6 is 0 Å². The highest BCUT2D eigenvalue weighted by Gasteiger charge is 2.37. The Balaban J connectivity index is 1.58. The molecule has 1 aromatic rings. The average molecular weight is 489 g/mol. The molecule has 9 heteroatoms. The second-order valence-corrected chi connectivity index (χ2v) is 8.56. The fourth-order valence-corrected chi connectivity index (χ4v) is 4.59. The zero-order valence-electron chi connectivity index (χ0n) is 20.1. The van der Waals surface area contributed by atoms with Gasteiger partial charge < -0.3 is 25.4 Å². The SMILES string of the molecule is C\C=C/C(=C\C(=C\CC)C(F)(F)F)C1NC2=C(CCCC2Nc2nccc3c2C=CNC3OC)O1. The monoisotopic (exact) mass is 488 g/mol. The van der Waals surface area contributed by atoms with E-state index in [0.717, 1.165) is 47.7 Å². The van der Waals surface area contributed by atoms with Crippen molar-refractivity contribution in [2.24, 2.45) is 0 Å². The highest BCUT2D eigenvalue weighted by molar-refractivity contribution is 5.68. The maximum Gasteiger partial charge on any atom is 0.416 e. The smallest absolute Gasteiger partial charge is 0.416 e. The molecule has 3 N–H and O–H groups in total. The molecule has 0 spiro atoms. The molecular weight excluding hydrogens is 457 g/mol. The van der Waals surface area contributed by atoms with E-state index in [1.165, 1.54) is 12.2 Å². The molecule has 3 heterocycles. The van der Waals surface area contributed by atoms with Gasteiger partial charge in [0.15, 0.2) is 12.5 Å². The molecule has 0 saturated heterocycles. The number of hydrogen-bond acceptors (Lipinski definition) is 6. The minimum absolute atomic E-state index is 0.104. The molecule has 0 amide bonds. The lowest BCUT2D eigenvalue weighted by Gasteiger charge is -2.28. The Morgan fingerprint density at radius 1 is 1.37 bits per heavy atom. The van der Waals surface area contributed by atoms with Crippen molar-refractivity contribution >= 4 is 11.9 Å². The molecule has 0 aromatic carbocycles. The molecule has 3 aliphatic rings. The predicted octanol–water partition coefficient (Wildman–Crippen LogP) is 5.82. The summed E-state index contributed by atoms with van der Waals surface area (Å²) in [6.45, 7) is 3.46. The number of rotatable bonds is 7. The minimum Gasteiger partial charge on any atom is -0.469 e. The Morgan fingerprint density at radius 3 is 2.91 bits per heavy atom. The number of aromatic nitrogens is 1. The zero-order chi connectivity index (χ0) is 25.0. The van der Waals surface area contributed by atoms with Crippen LogP contribution in [0.1, 0.15) is 56.9 Å². The maximum atomic E-state index is 13.5. The molecule has 3 atom stereocenters. The van der Waals surface area contributed by atoms with E-state index in [4.69, 9.17) is 9.47 Å². The number of nitrogens with one attached hydrogen (secondary N) is 3. The number of fused-ring (bicyclic) bond motifs is 1.